The summed E-state index contributed by atoms with van der Waals surface area (Å²) in [5.41, 5.74) is 1.84. The van der Waals surface area contributed by atoms with Crippen molar-refractivity contribution in [3.05, 3.63) is 57.6 Å². The molecule has 2 aromatic carbocycles. The molecule has 0 saturated carbocycles. The van der Waals surface area contributed by atoms with E-state index in [0.29, 0.717) is 27.4 Å². The van der Waals surface area contributed by atoms with Crippen molar-refractivity contribution >= 4 is 34.8 Å². The zero-order chi connectivity index (χ0) is 13.1. The number of rotatable bonds is 3. The zero-order valence-electron chi connectivity index (χ0n) is 9.71. The Morgan fingerprint density at radius 3 is 2.61 bits per heavy atom. The largest absolute Gasteiger partial charge is 0.455 e. The van der Waals surface area contributed by atoms with E-state index in [4.69, 9.17) is 39.5 Å². The first kappa shape index (κ1) is 13.5. The molecule has 0 heterocycles. The summed E-state index contributed by atoms with van der Waals surface area (Å²) in [7, 11) is 0. The molecule has 0 atom stereocenters. The van der Waals surface area contributed by atoms with Gasteiger partial charge in [-0.1, -0.05) is 41.4 Å². The summed E-state index contributed by atoms with van der Waals surface area (Å²) in [6.07, 6.45) is 0. The van der Waals surface area contributed by atoms with Crippen LogP contribution < -0.4 is 4.74 Å². The highest BCUT2D eigenvalue weighted by Gasteiger charge is 2.10. The first-order chi connectivity index (χ1) is 8.61. The quantitative estimate of drug-likeness (QED) is 0.648. The predicted octanol–water partition coefficient (Wildman–Crippen LogP) is 5.83. The van der Waals surface area contributed by atoms with Gasteiger partial charge in [0.2, 0.25) is 0 Å². The third-order valence-corrected chi connectivity index (χ3v) is 3.38. The van der Waals surface area contributed by atoms with E-state index >= 15 is 0 Å². The minimum Gasteiger partial charge on any atom is -0.455 e. The van der Waals surface area contributed by atoms with Crippen LogP contribution in [0.3, 0.4) is 0 Å². The molecular weight excluding hydrogens is 291 g/mol. The second-order valence-corrected chi connectivity index (χ2v) is 4.98. The van der Waals surface area contributed by atoms with Crippen molar-refractivity contribution in [3.63, 3.8) is 0 Å². The van der Waals surface area contributed by atoms with E-state index in [0.717, 1.165) is 11.1 Å². The molecule has 0 amide bonds. The predicted molar refractivity (Wildman–Crippen MR) is 77.3 cm³/mol. The highest BCUT2D eigenvalue weighted by Crippen LogP contribution is 2.35. The van der Waals surface area contributed by atoms with Crippen LogP contribution in [-0.2, 0) is 5.88 Å². The molecule has 94 valence electrons. The van der Waals surface area contributed by atoms with Gasteiger partial charge in [-0.25, -0.2) is 0 Å². The summed E-state index contributed by atoms with van der Waals surface area (Å²) >= 11 is 18.0. The molecule has 0 bridgehead atoms. The van der Waals surface area contributed by atoms with Crippen LogP contribution in [-0.4, -0.2) is 0 Å². The van der Waals surface area contributed by atoms with Gasteiger partial charge in [-0.05, 0) is 30.7 Å². The summed E-state index contributed by atoms with van der Waals surface area (Å²) in [6, 6.07) is 11.0. The maximum Gasteiger partial charge on any atom is 0.150 e. The van der Waals surface area contributed by atoms with Gasteiger partial charge in [0.15, 0.2) is 0 Å². The Bertz CT molecular complexity index is 567. The standard InChI is InChI=1S/C14H11Cl3O/c1-9-5-6-11(16)7-13(9)18-14-10(8-15)3-2-4-12(14)17/h2-7H,8H2,1H3. The average Bonchev–Trinajstić information content (AvgIpc) is 2.36. The molecule has 0 aliphatic rings. The van der Waals surface area contributed by atoms with Crippen LogP contribution in [0.1, 0.15) is 11.1 Å². The number of alkyl halides is 1. The van der Waals surface area contributed by atoms with Crippen LogP contribution in [0.4, 0.5) is 0 Å². The topological polar surface area (TPSA) is 9.23 Å². The lowest BCUT2D eigenvalue weighted by Crippen LogP contribution is -1.92. The third kappa shape index (κ3) is 2.92. The molecule has 0 aliphatic heterocycles. The Morgan fingerprint density at radius 1 is 1.11 bits per heavy atom. The highest BCUT2D eigenvalue weighted by molar-refractivity contribution is 6.32. The highest BCUT2D eigenvalue weighted by atomic mass is 35.5. The number of hydrogen-bond donors (Lipinski definition) is 0. The van der Waals surface area contributed by atoms with Gasteiger partial charge in [0.05, 0.1) is 10.9 Å². The number of aryl methyl sites for hydroxylation is 1. The van der Waals surface area contributed by atoms with Crippen molar-refractivity contribution in [2.75, 3.05) is 0 Å². The zero-order valence-corrected chi connectivity index (χ0v) is 12.0. The number of halogens is 3. The Kier molecular flexibility index (Phi) is 4.39. The summed E-state index contributed by atoms with van der Waals surface area (Å²) < 4.78 is 5.84. The van der Waals surface area contributed by atoms with Crippen LogP contribution in [0, 0.1) is 6.92 Å². The van der Waals surface area contributed by atoms with E-state index < -0.39 is 0 Å². The molecule has 2 rings (SSSR count). The smallest absolute Gasteiger partial charge is 0.150 e. The van der Waals surface area contributed by atoms with Gasteiger partial charge in [0.25, 0.3) is 0 Å². The number of para-hydroxylation sites is 1. The fourth-order valence-corrected chi connectivity index (χ4v) is 2.17. The minimum absolute atomic E-state index is 0.343. The molecule has 0 saturated heterocycles. The van der Waals surface area contributed by atoms with E-state index in [1.54, 1.807) is 12.1 Å². The fraction of sp³-hybridized carbons (Fsp3) is 0.143. The van der Waals surface area contributed by atoms with Gasteiger partial charge in [0.1, 0.15) is 11.5 Å². The molecule has 0 radical (unpaired) electrons. The summed E-state index contributed by atoms with van der Waals surface area (Å²) in [5.74, 6) is 1.61. The van der Waals surface area contributed by atoms with Gasteiger partial charge < -0.3 is 4.74 Å². The minimum atomic E-state index is 0.343. The SMILES string of the molecule is Cc1ccc(Cl)cc1Oc1c(Cl)cccc1CCl. The van der Waals surface area contributed by atoms with Gasteiger partial charge in [-0.3, -0.25) is 0 Å². The summed E-state index contributed by atoms with van der Waals surface area (Å²) in [6.45, 7) is 1.95. The lowest BCUT2D eigenvalue weighted by Gasteiger charge is -2.13. The van der Waals surface area contributed by atoms with Crippen molar-refractivity contribution < 1.29 is 4.74 Å². The maximum absolute atomic E-state index is 6.13. The van der Waals surface area contributed by atoms with Crippen molar-refractivity contribution in [1.29, 1.82) is 0 Å². The van der Waals surface area contributed by atoms with Gasteiger partial charge in [0, 0.05) is 10.6 Å². The van der Waals surface area contributed by atoms with Crippen molar-refractivity contribution in [1.82, 2.24) is 0 Å². The lowest BCUT2D eigenvalue weighted by atomic mass is 10.2. The molecule has 1 nitrogen and oxygen atoms in total. The second kappa shape index (κ2) is 5.83. The van der Waals surface area contributed by atoms with Gasteiger partial charge >= 0.3 is 0 Å². The molecule has 4 heteroatoms. The van der Waals surface area contributed by atoms with Crippen LogP contribution in [0.2, 0.25) is 10.0 Å². The Balaban J connectivity index is 2.42. The molecule has 0 fully saturated rings. The molecule has 0 aromatic heterocycles. The summed E-state index contributed by atoms with van der Waals surface area (Å²) in [4.78, 5) is 0. The van der Waals surface area contributed by atoms with Gasteiger partial charge in [-0.2, -0.15) is 0 Å². The molecular formula is C14H11Cl3O. The lowest BCUT2D eigenvalue weighted by molar-refractivity contribution is 0.475. The monoisotopic (exact) mass is 300 g/mol. The van der Waals surface area contributed by atoms with E-state index in [-0.39, 0.29) is 0 Å². The van der Waals surface area contributed by atoms with E-state index in [2.05, 4.69) is 0 Å². The van der Waals surface area contributed by atoms with E-state index in [1.807, 2.05) is 31.2 Å². The van der Waals surface area contributed by atoms with Crippen LogP contribution in [0.25, 0.3) is 0 Å². The average molecular weight is 302 g/mol. The molecule has 0 spiro atoms. The van der Waals surface area contributed by atoms with Crippen LogP contribution >= 0.6 is 34.8 Å². The van der Waals surface area contributed by atoms with Crippen LogP contribution in [0.5, 0.6) is 11.5 Å². The maximum atomic E-state index is 6.13. The number of hydrogen-bond acceptors (Lipinski definition) is 1. The van der Waals surface area contributed by atoms with Crippen molar-refractivity contribution in [2.24, 2.45) is 0 Å². The molecule has 0 N–H and O–H groups in total. The third-order valence-electron chi connectivity index (χ3n) is 2.55. The number of ether oxygens (including phenoxy) is 1. The Hall–Kier alpha value is -0.890. The Morgan fingerprint density at radius 2 is 1.89 bits per heavy atom. The van der Waals surface area contributed by atoms with E-state index in [9.17, 15) is 0 Å². The van der Waals surface area contributed by atoms with Gasteiger partial charge in [-0.15, -0.1) is 11.6 Å². The Labute approximate surface area is 121 Å². The van der Waals surface area contributed by atoms with E-state index in [1.165, 1.54) is 0 Å². The molecule has 18 heavy (non-hydrogen) atoms. The number of benzene rings is 2. The van der Waals surface area contributed by atoms with Crippen LogP contribution in [0.15, 0.2) is 36.4 Å². The fourth-order valence-electron chi connectivity index (χ4n) is 1.57. The van der Waals surface area contributed by atoms with Crippen molar-refractivity contribution in [3.8, 4) is 11.5 Å². The second-order valence-electron chi connectivity index (χ2n) is 3.87. The molecule has 0 unspecified atom stereocenters. The summed E-state index contributed by atoms with van der Waals surface area (Å²) in [5, 5.41) is 1.16. The molecule has 2 aromatic rings. The first-order valence-electron chi connectivity index (χ1n) is 5.39. The molecule has 0 aliphatic carbocycles. The first-order valence-corrected chi connectivity index (χ1v) is 6.68. The van der Waals surface area contributed by atoms with Crippen molar-refractivity contribution in [2.45, 2.75) is 12.8 Å². The normalized spacial score (nSPS) is 10.4.